The van der Waals surface area contributed by atoms with Crippen molar-refractivity contribution < 1.29 is 4.74 Å². The third-order valence-corrected chi connectivity index (χ3v) is 3.25. The number of benzene rings is 2. The second kappa shape index (κ2) is 3.67. The molecule has 0 saturated heterocycles. The van der Waals surface area contributed by atoms with Gasteiger partial charge in [0.1, 0.15) is 11.9 Å². The lowest BCUT2D eigenvalue weighted by atomic mass is 9.93. The summed E-state index contributed by atoms with van der Waals surface area (Å²) in [6, 6.07) is 18.7. The van der Waals surface area contributed by atoms with E-state index in [4.69, 9.17) is 4.74 Å². The second-order valence-corrected chi connectivity index (χ2v) is 4.28. The molecule has 2 aromatic carbocycles. The highest BCUT2D eigenvalue weighted by molar-refractivity contribution is 5.42. The molecular formula is C15H14O. The number of rotatable bonds is 1. The van der Waals surface area contributed by atoms with Crippen molar-refractivity contribution in [3.8, 4) is 5.75 Å². The molecule has 1 heterocycles. The van der Waals surface area contributed by atoms with Gasteiger partial charge < -0.3 is 4.74 Å². The van der Waals surface area contributed by atoms with E-state index in [1.54, 1.807) is 0 Å². The number of hydrogen-bond donors (Lipinski definition) is 0. The average molecular weight is 210 g/mol. The average Bonchev–Trinajstić information content (AvgIpc) is 2.69. The molecule has 2 atom stereocenters. The van der Waals surface area contributed by atoms with E-state index in [-0.39, 0.29) is 6.10 Å². The van der Waals surface area contributed by atoms with Gasteiger partial charge in [0.05, 0.1) is 0 Å². The van der Waals surface area contributed by atoms with Crippen LogP contribution in [0, 0.1) is 0 Å². The minimum absolute atomic E-state index is 0.165. The quantitative estimate of drug-likeness (QED) is 0.693. The molecule has 1 heteroatoms. The molecule has 0 bridgehead atoms. The Labute approximate surface area is 95.7 Å². The molecule has 0 fully saturated rings. The van der Waals surface area contributed by atoms with Gasteiger partial charge in [0.25, 0.3) is 0 Å². The first-order valence-corrected chi connectivity index (χ1v) is 5.67. The molecule has 0 radical (unpaired) electrons. The molecule has 0 aliphatic carbocycles. The van der Waals surface area contributed by atoms with Crippen LogP contribution in [0.1, 0.15) is 30.1 Å². The topological polar surface area (TPSA) is 9.23 Å². The maximum absolute atomic E-state index is 6.01. The Morgan fingerprint density at radius 1 is 0.875 bits per heavy atom. The fraction of sp³-hybridized carbons (Fsp3) is 0.200. The number of hydrogen-bond acceptors (Lipinski definition) is 1. The molecule has 1 aliphatic rings. The molecule has 0 amide bonds. The standard InChI is InChI=1S/C15H14O/c1-11-13-9-5-6-10-14(13)16-15(11)12-7-3-2-4-8-12/h2-11,15H,1H3/t11-,15+/m1/s1. The zero-order valence-electron chi connectivity index (χ0n) is 9.26. The molecule has 3 rings (SSSR count). The zero-order chi connectivity index (χ0) is 11.0. The van der Waals surface area contributed by atoms with E-state index in [2.05, 4.69) is 49.4 Å². The molecule has 0 aromatic heterocycles. The molecule has 1 nitrogen and oxygen atoms in total. The van der Waals surface area contributed by atoms with Gasteiger partial charge in [-0.05, 0) is 11.6 Å². The lowest BCUT2D eigenvalue weighted by Crippen LogP contribution is -2.06. The van der Waals surface area contributed by atoms with E-state index in [1.807, 2.05) is 12.1 Å². The number of para-hydroxylation sites is 1. The summed E-state index contributed by atoms with van der Waals surface area (Å²) >= 11 is 0. The summed E-state index contributed by atoms with van der Waals surface area (Å²) in [5.74, 6) is 1.46. The highest BCUT2D eigenvalue weighted by atomic mass is 16.5. The van der Waals surface area contributed by atoms with Crippen molar-refractivity contribution in [3.05, 3.63) is 65.7 Å². The smallest absolute Gasteiger partial charge is 0.130 e. The maximum atomic E-state index is 6.01. The Hall–Kier alpha value is -1.76. The Morgan fingerprint density at radius 3 is 2.31 bits per heavy atom. The molecule has 0 N–H and O–H groups in total. The predicted octanol–water partition coefficient (Wildman–Crippen LogP) is 3.92. The molecular weight excluding hydrogens is 196 g/mol. The predicted molar refractivity (Wildman–Crippen MR) is 64.7 cm³/mol. The van der Waals surface area contributed by atoms with Crippen LogP contribution in [0.2, 0.25) is 0 Å². The number of ether oxygens (including phenoxy) is 1. The van der Waals surface area contributed by atoms with Crippen LogP contribution in [0.25, 0.3) is 0 Å². The van der Waals surface area contributed by atoms with Gasteiger partial charge in [-0.15, -0.1) is 0 Å². The molecule has 80 valence electrons. The summed E-state index contributed by atoms with van der Waals surface area (Å²) in [4.78, 5) is 0. The van der Waals surface area contributed by atoms with Crippen molar-refractivity contribution in [1.29, 1.82) is 0 Å². The van der Waals surface area contributed by atoms with E-state index in [9.17, 15) is 0 Å². The Balaban J connectivity index is 1.99. The molecule has 0 unspecified atom stereocenters. The van der Waals surface area contributed by atoms with Gasteiger partial charge in [-0.2, -0.15) is 0 Å². The summed E-state index contributed by atoms with van der Waals surface area (Å²) < 4.78 is 6.01. The molecule has 2 aromatic rings. The van der Waals surface area contributed by atoms with Crippen molar-refractivity contribution in [2.75, 3.05) is 0 Å². The SMILES string of the molecule is C[C@@H]1c2ccccc2O[C@@H]1c1ccccc1. The Morgan fingerprint density at radius 2 is 1.56 bits per heavy atom. The van der Waals surface area contributed by atoms with Gasteiger partial charge >= 0.3 is 0 Å². The first-order valence-electron chi connectivity index (χ1n) is 5.67. The summed E-state index contributed by atoms with van der Waals surface area (Å²) in [5.41, 5.74) is 2.57. The van der Waals surface area contributed by atoms with Crippen molar-refractivity contribution in [2.45, 2.75) is 18.9 Å². The van der Waals surface area contributed by atoms with Crippen LogP contribution in [0.3, 0.4) is 0 Å². The summed E-state index contributed by atoms with van der Waals surface area (Å²) in [7, 11) is 0. The fourth-order valence-electron chi connectivity index (χ4n) is 2.37. The van der Waals surface area contributed by atoms with Crippen molar-refractivity contribution in [3.63, 3.8) is 0 Å². The fourth-order valence-corrected chi connectivity index (χ4v) is 2.37. The maximum Gasteiger partial charge on any atom is 0.130 e. The van der Waals surface area contributed by atoms with Crippen molar-refractivity contribution in [1.82, 2.24) is 0 Å². The lowest BCUT2D eigenvalue weighted by molar-refractivity contribution is 0.216. The van der Waals surface area contributed by atoms with Crippen LogP contribution in [-0.4, -0.2) is 0 Å². The summed E-state index contributed by atoms with van der Waals surface area (Å²) in [5, 5.41) is 0. The first-order chi connectivity index (χ1) is 7.86. The van der Waals surface area contributed by atoms with E-state index < -0.39 is 0 Å². The third kappa shape index (κ3) is 1.40. The van der Waals surface area contributed by atoms with Gasteiger partial charge in [-0.3, -0.25) is 0 Å². The van der Waals surface area contributed by atoms with Crippen LogP contribution < -0.4 is 4.74 Å². The molecule has 0 spiro atoms. The second-order valence-electron chi connectivity index (χ2n) is 4.28. The van der Waals surface area contributed by atoms with Crippen LogP contribution in [0.5, 0.6) is 5.75 Å². The largest absolute Gasteiger partial charge is 0.485 e. The minimum atomic E-state index is 0.165. The highest BCUT2D eigenvalue weighted by Gasteiger charge is 2.31. The molecule has 16 heavy (non-hydrogen) atoms. The van der Waals surface area contributed by atoms with E-state index in [0.717, 1.165) is 5.75 Å². The minimum Gasteiger partial charge on any atom is -0.485 e. The Bertz CT molecular complexity index is 490. The van der Waals surface area contributed by atoms with Crippen LogP contribution in [0.4, 0.5) is 0 Å². The van der Waals surface area contributed by atoms with Crippen LogP contribution in [-0.2, 0) is 0 Å². The van der Waals surface area contributed by atoms with Gasteiger partial charge in [0.15, 0.2) is 0 Å². The van der Waals surface area contributed by atoms with Crippen LogP contribution in [0.15, 0.2) is 54.6 Å². The third-order valence-electron chi connectivity index (χ3n) is 3.25. The van der Waals surface area contributed by atoms with E-state index in [0.29, 0.717) is 5.92 Å². The Kier molecular flexibility index (Phi) is 2.17. The highest BCUT2D eigenvalue weighted by Crippen LogP contribution is 2.45. The van der Waals surface area contributed by atoms with Crippen LogP contribution >= 0.6 is 0 Å². The zero-order valence-corrected chi connectivity index (χ0v) is 9.26. The van der Waals surface area contributed by atoms with Crippen molar-refractivity contribution >= 4 is 0 Å². The van der Waals surface area contributed by atoms with Gasteiger partial charge in [-0.1, -0.05) is 55.5 Å². The molecule has 1 aliphatic heterocycles. The first kappa shape index (κ1) is 9.46. The number of fused-ring (bicyclic) bond motifs is 1. The summed E-state index contributed by atoms with van der Waals surface area (Å²) in [6.45, 7) is 2.23. The lowest BCUT2D eigenvalue weighted by Gasteiger charge is -2.15. The van der Waals surface area contributed by atoms with E-state index in [1.165, 1.54) is 11.1 Å². The normalized spacial score (nSPS) is 22.6. The molecule has 0 saturated carbocycles. The summed E-state index contributed by atoms with van der Waals surface area (Å²) in [6.07, 6.45) is 0.165. The van der Waals surface area contributed by atoms with Crippen molar-refractivity contribution in [2.24, 2.45) is 0 Å². The van der Waals surface area contributed by atoms with Gasteiger partial charge in [-0.25, -0.2) is 0 Å². The van der Waals surface area contributed by atoms with Gasteiger partial charge in [0.2, 0.25) is 0 Å². The van der Waals surface area contributed by atoms with E-state index >= 15 is 0 Å². The van der Waals surface area contributed by atoms with Gasteiger partial charge in [0, 0.05) is 11.5 Å². The monoisotopic (exact) mass is 210 g/mol.